The molecule has 21 heavy (non-hydrogen) atoms. The summed E-state index contributed by atoms with van der Waals surface area (Å²) in [6.45, 7) is 6.66. The highest BCUT2D eigenvalue weighted by Gasteiger charge is 2.04. The van der Waals surface area contributed by atoms with Crippen LogP contribution in [-0.2, 0) is 0 Å². The molecular weight excluding hydrogens is 447 g/mol. The molecule has 0 saturated heterocycles. The van der Waals surface area contributed by atoms with Gasteiger partial charge < -0.3 is 16.0 Å². The molecule has 0 aliphatic heterocycles. The van der Waals surface area contributed by atoms with Gasteiger partial charge in [0.2, 0.25) is 0 Å². The van der Waals surface area contributed by atoms with Gasteiger partial charge in [-0.2, -0.15) is 0 Å². The molecule has 0 aliphatic rings. The fraction of sp³-hybridized carbons (Fsp3) is 0.429. The van der Waals surface area contributed by atoms with E-state index in [1.165, 1.54) is 0 Å². The van der Waals surface area contributed by atoms with Crippen LogP contribution in [0.25, 0.3) is 0 Å². The molecule has 1 rings (SSSR count). The SMILES string of the molecule is CCN(CC)C(N)=NCCNC(=O)c1ccc(Br)cc1.I. The molecule has 0 unspecified atom stereocenters. The molecule has 0 aromatic heterocycles. The van der Waals surface area contributed by atoms with Crippen LogP contribution in [-0.4, -0.2) is 42.9 Å². The average molecular weight is 469 g/mol. The highest BCUT2D eigenvalue weighted by Crippen LogP contribution is 2.10. The highest BCUT2D eigenvalue weighted by molar-refractivity contribution is 14.0. The summed E-state index contributed by atoms with van der Waals surface area (Å²) in [4.78, 5) is 18.0. The molecule has 0 heterocycles. The van der Waals surface area contributed by atoms with Crippen LogP contribution >= 0.6 is 39.9 Å². The van der Waals surface area contributed by atoms with Gasteiger partial charge >= 0.3 is 0 Å². The highest BCUT2D eigenvalue weighted by atomic mass is 127. The maximum absolute atomic E-state index is 11.8. The van der Waals surface area contributed by atoms with Crippen molar-refractivity contribution < 1.29 is 4.79 Å². The number of carbonyl (C=O) groups is 1. The summed E-state index contributed by atoms with van der Waals surface area (Å²) < 4.78 is 0.950. The number of halogens is 2. The third-order valence-electron chi connectivity index (χ3n) is 2.87. The summed E-state index contributed by atoms with van der Waals surface area (Å²) in [6, 6.07) is 7.22. The van der Waals surface area contributed by atoms with E-state index < -0.39 is 0 Å². The molecule has 0 radical (unpaired) electrons. The lowest BCUT2D eigenvalue weighted by molar-refractivity contribution is 0.0955. The van der Waals surface area contributed by atoms with E-state index in [0.29, 0.717) is 24.6 Å². The lowest BCUT2D eigenvalue weighted by Gasteiger charge is -2.19. The van der Waals surface area contributed by atoms with Crippen molar-refractivity contribution in [3.63, 3.8) is 0 Å². The fourth-order valence-electron chi connectivity index (χ4n) is 1.69. The first kappa shape index (κ1) is 20.2. The molecular formula is C14H22BrIN4O. The van der Waals surface area contributed by atoms with Crippen LogP contribution in [0.1, 0.15) is 24.2 Å². The second kappa shape index (κ2) is 10.8. The lowest BCUT2D eigenvalue weighted by Crippen LogP contribution is -2.37. The molecule has 0 fully saturated rings. The third kappa shape index (κ3) is 7.12. The van der Waals surface area contributed by atoms with Gasteiger partial charge in [-0.15, -0.1) is 24.0 Å². The minimum atomic E-state index is -0.103. The first-order valence-electron chi connectivity index (χ1n) is 6.67. The predicted molar refractivity (Wildman–Crippen MR) is 101 cm³/mol. The molecule has 1 amide bonds. The smallest absolute Gasteiger partial charge is 0.251 e. The number of aliphatic imine (C=N–C) groups is 1. The summed E-state index contributed by atoms with van der Waals surface area (Å²) in [5.41, 5.74) is 6.47. The number of nitrogens with zero attached hydrogens (tertiary/aromatic N) is 2. The van der Waals surface area contributed by atoms with E-state index in [2.05, 4.69) is 26.2 Å². The minimum absolute atomic E-state index is 0. The average Bonchev–Trinajstić information content (AvgIpc) is 2.45. The largest absolute Gasteiger partial charge is 0.370 e. The van der Waals surface area contributed by atoms with Crippen LogP contribution in [0.2, 0.25) is 0 Å². The summed E-state index contributed by atoms with van der Waals surface area (Å²) in [7, 11) is 0. The Kier molecular flexibility index (Phi) is 10.4. The number of hydrogen-bond donors (Lipinski definition) is 2. The molecule has 0 spiro atoms. The molecule has 3 N–H and O–H groups in total. The monoisotopic (exact) mass is 468 g/mol. The van der Waals surface area contributed by atoms with Crippen molar-refractivity contribution in [3.8, 4) is 0 Å². The van der Waals surface area contributed by atoms with Crippen LogP contribution in [0, 0.1) is 0 Å². The quantitative estimate of drug-likeness (QED) is 0.291. The van der Waals surface area contributed by atoms with Gasteiger partial charge in [-0.05, 0) is 38.1 Å². The van der Waals surface area contributed by atoms with Gasteiger partial charge in [-0.3, -0.25) is 9.79 Å². The zero-order chi connectivity index (χ0) is 15.0. The molecule has 0 bridgehead atoms. The van der Waals surface area contributed by atoms with Crippen LogP contribution in [0.4, 0.5) is 0 Å². The second-order valence-corrected chi connectivity index (χ2v) is 5.09. The van der Waals surface area contributed by atoms with Gasteiger partial charge in [0.05, 0.1) is 6.54 Å². The van der Waals surface area contributed by atoms with Crippen molar-refractivity contribution in [3.05, 3.63) is 34.3 Å². The van der Waals surface area contributed by atoms with E-state index in [1.54, 1.807) is 12.1 Å². The van der Waals surface area contributed by atoms with Gasteiger partial charge in [0.25, 0.3) is 5.91 Å². The van der Waals surface area contributed by atoms with E-state index in [-0.39, 0.29) is 29.9 Å². The summed E-state index contributed by atoms with van der Waals surface area (Å²) in [5.74, 6) is 0.419. The Hall–Kier alpha value is -0.830. The Balaban J connectivity index is 0.00000400. The minimum Gasteiger partial charge on any atom is -0.370 e. The van der Waals surface area contributed by atoms with E-state index in [9.17, 15) is 4.79 Å². The van der Waals surface area contributed by atoms with E-state index in [1.807, 2.05) is 30.9 Å². The first-order chi connectivity index (χ1) is 9.58. The number of hydrogen-bond acceptors (Lipinski definition) is 2. The van der Waals surface area contributed by atoms with E-state index in [4.69, 9.17) is 5.73 Å². The summed E-state index contributed by atoms with van der Waals surface area (Å²) >= 11 is 3.33. The van der Waals surface area contributed by atoms with Crippen molar-refractivity contribution in [2.24, 2.45) is 10.7 Å². The number of nitrogens with one attached hydrogen (secondary N) is 1. The van der Waals surface area contributed by atoms with Gasteiger partial charge in [-0.1, -0.05) is 15.9 Å². The van der Waals surface area contributed by atoms with E-state index >= 15 is 0 Å². The summed E-state index contributed by atoms with van der Waals surface area (Å²) in [5, 5.41) is 2.81. The Labute approximate surface area is 151 Å². The predicted octanol–water partition coefficient (Wildman–Crippen LogP) is 2.45. The number of nitrogens with two attached hydrogens (primary N) is 1. The van der Waals surface area contributed by atoms with Gasteiger partial charge in [-0.25, -0.2) is 0 Å². The van der Waals surface area contributed by atoms with Crippen LogP contribution in [0.15, 0.2) is 33.7 Å². The molecule has 0 saturated carbocycles. The Morgan fingerprint density at radius 2 is 1.86 bits per heavy atom. The zero-order valence-corrected chi connectivity index (χ0v) is 16.2. The number of carbonyl (C=O) groups excluding carboxylic acids is 1. The topological polar surface area (TPSA) is 70.7 Å². The van der Waals surface area contributed by atoms with Crippen molar-refractivity contribution in [2.45, 2.75) is 13.8 Å². The van der Waals surface area contributed by atoms with Gasteiger partial charge in [0, 0.05) is 29.7 Å². The Bertz CT molecular complexity index is 461. The van der Waals surface area contributed by atoms with Crippen molar-refractivity contribution in [1.82, 2.24) is 10.2 Å². The van der Waals surface area contributed by atoms with Crippen molar-refractivity contribution in [1.29, 1.82) is 0 Å². The number of rotatable bonds is 6. The van der Waals surface area contributed by atoms with Gasteiger partial charge in [0.15, 0.2) is 5.96 Å². The first-order valence-corrected chi connectivity index (χ1v) is 7.46. The standard InChI is InChI=1S/C14H21BrN4O.HI/c1-3-19(4-2)14(16)18-10-9-17-13(20)11-5-7-12(15)8-6-11;/h5-8H,3-4,9-10H2,1-2H3,(H2,16,18)(H,17,20);1H. The molecule has 0 aliphatic carbocycles. The van der Waals surface area contributed by atoms with Crippen molar-refractivity contribution in [2.75, 3.05) is 26.2 Å². The maximum atomic E-state index is 11.8. The van der Waals surface area contributed by atoms with Gasteiger partial charge in [0.1, 0.15) is 0 Å². The molecule has 0 atom stereocenters. The van der Waals surface area contributed by atoms with Crippen LogP contribution in [0.5, 0.6) is 0 Å². The molecule has 118 valence electrons. The van der Waals surface area contributed by atoms with Crippen LogP contribution in [0.3, 0.4) is 0 Å². The molecule has 5 nitrogen and oxygen atoms in total. The Morgan fingerprint density at radius 1 is 1.29 bits per heavy atom. The summed E-state index contributed by atoms with van der Waals surface area (Å²) in [6.07, 6.45) is 0. The van der Waals surface area contributed by atoms with E-state index in [0.717, 1.165) is 17.6 Å². The molecule has 1 aromatic rings. The zero-order valence-electron chi connectivity index (χ0n) is 12.3. The number of benzene rings is 1. The fourth-order valence-corrected chi connectivity index (χ4v) is 1.96. The molecule has 1 aromatic carbocycles. The lowest BCUT2D eigenvalue weighted by atomic mass is 10.2. The third-order valence-corrected chi connectivity index (χ3v) is 3.39. The maximum Gasteiger partial charge on any atom is 0.251 e. The number of guanidine groups is 1. The molecule has 7 heteroatoms. The van der Waals surface area contributed by atoms with Crippen LogP contribution < -0.4 is 11.1 Å². The normalized spacial score (nSPS) is 10.7. The Morgan fingerprint density at radius 3 is 2.38 bits per heavy atom. The van der Waals surface area contributed by atoms with Crippen molar-refractivity contribution >= 4 is 51.8 Å². The number of amides is 1. The second-order valence-electron chi connectivity index (χ2n) is 4.18.